The Morgan fingerprint density at radius 1 is 0.421 bits per heavy atom. The second kappa shape index (κ2) is 15.0. The Labute approximate surface area is 449 Å². The molecule has 0 unspecified atom stereocenters. The van der Waals surface area contributed by atoms with E-state index >= 15 is 0 Å². The van der Waals surface area contributed by atoms with E-state index in [2.05, 4.69) is 256 Å². The summed E-state index contributed by atoms with van der Waals surface area (Å²) in [6.45, 7) is 28.3. The summed E-state index contributed by atoms with van der Waals surface area (Å²) in [6, 6.07) is 65.5. The molecule has 5 heterocycles. The molecule has 0 N–H and O–H groups in total. The highest BCUT2D eigenvalue weighted by molar-refractivity contribution is 7.01. The standard InChI is InChI=1S/C73H67BN2/c1-69(2,3)40-42-35-52-53-36-43(41-70(4,5)6)38-59-66(53)76-65(52)58(37-42)73(55-23-17-15-21-50(55)51-22-16-18-24-56(51)73)57-33-34-60-63(68(57)76)74(59)62-49-20-14-13-19-46(49)39-54-61(44-25-29-47(30-26-44)71(7,8)9)64(75(60)67(54)62)45-27-31-48(32-28-45)72(10,11)12/h13-39H,40-41H2,1-12H3. The summed E-state index contributed by atoms with van der Waals surface area (Å²) >= 11 is 0. The molecule has 4 aliphatic rings. The summed E-state index contributed by atoms with van der Waals surface area (Å²) in [6.07, 6.45) is 1.97. The molecule has 1 spiro atoms. The van der Waals surface area contributed by atoms with Crippen LogP contribution in [0.3, 0.4) is 0 Å². The Morgan fingerprint density at radius 2 is 0.974 bits per heavy atom. The summed E-state index contributed by atoms with van der Waals surface area (Å²) in [5.74, 6) is 0. The van der Waals surface area contributed by atoms with E-state index in [1.807, 2.05) is 0 Å². The number of benzene rings is 9. The van der Waals surface area contributed by atoms with E-state index in [0.29, 0.717) is 0 Å². The third kappa shape index (κ3) is 6.12. The monoisotopic (exact) mass is 983 g/mol. The first kappa shape index (κ1) is 46.0. The summed E-state index contributed by atoms with van der Waals surface area (Å²) in [7, 11) is 0. The zero-order valence-electron chi connectivity index (χ0n) is 46.5. The van der Waals surface area contributed by atoms with Crippen molar-refractivity contribution in [3.05, 3.63) is 208 Å². The highest BCUT2D eigenvalue weighted by atomic mass is 15.1. The lowest BCUT2D eigenvalue weighted by Gasteiger charge is -2.44. The average Bonchev–Trinajstić information content (AvgIpc) is 3.89. The molecule has 0 bridgehead atoms. The Bertz CT molecular complexity index is 4310. The molecule has 11 aromatic rings. The van der Waals surface area contributed by atoms with Crippen LogP contribution in [0.15, 0.2) is 164 Å². The number of hydrogen-bond acceptors (Lipinski definition) is 0. The molecule has 2 aromatic heterocycles. The topological polar surface area (TPSA) is 9.86 Å². The maximum Gasteiger partial charge on any atom is 0.253 e. The van der Waals surface area contributed by atoms with Crippen LogP contribution in [0.2, 0.25) is 0 Å². The fourth-order valence-corrected chi connectivity index (χ4v) is 15.1. The molecule has 0 radical (unpaired) electrons. The van der Waals surface area contributed by atoms with E-state index in [9.17, 15) is 0 Å². The third-order valence-electron chi connectivity index (χ3n) is 18.0. The van der Waals surface area contributed by atoms with Crippen LogP contribution in [0.5, 0.6) is 0 Å². The Morgan fingerprint density at radius 3 is 1.58 bits per heavy atom. The van der Waals surface area contributed by atoms with E-state index in [1.165, 1.54) is 149 Å². The van der Waals surface area contributed by atoms with Crippen LogP contribution >= 0.6 is 0 Å². The molecule has 3 aliphatic heterocycles. The molecule has 9 aromatic carbocycles. The molecule has 372 valence electrons. The average molecular weight is 983 g/mol. The maximum absolute atomic E-state index is 2.80. The molecule has 1 aliphatic carbocycles. The smallest absolute Gasteiger partial charge is 0.253 e. The lowest BCUT2D eigenvalue weighted by Crippen LogP contribution is -2.60. The second-order valence-corrected chi connectivity index (χ2v) is 27.7. The van der Waals surface area contributed by atoms with Gasteiger partial charge in [0.05, 0.1) is 22.1 Å². The van der Waals surface area contributed by atoms with Crippen LogP contribution in [0, 0.1) is 10.8 Å². The zero-order chi connectivity index (χ0) is 52.3. The Kier molecular flexibility index (Phi) is 9.06. The first-order chi connectivity index (χ1) is 36.2. The van der Waals surface area contributed by atoms with Gasteiger partial charge in [-0.2, -0.15) is 0 Å². The minimum atomic E-state index is -0.555. The van der Waals surface area contributed by atoms with Crippen LogP contribution in [0.25, 0.3) is 88.4 Å². The Balaban J connectivity index is 1.18. The summed E-state index contributed by atoms with van der Waals surface area (Å²) in [5, 5.41) is 6.71. The summed E-state index contributed by atoms with van der Waals surface area (Å²) in [5.41, 5.74) is 29.5. The van der Waals surface area contributed by atoms with Gasteiger partial charge in [0.2, 0.25) is 0 Å². The largest absolute Gasteiger partial charge is 0.310 e. The maximum atomic E-state index is 2.80. The van der Waals surface area contributed by atoms with Gasteiger partial charge in [-0.05, 0) is 153 Å². The van der Waals surface area contributed by atoms with Gasteiger partial charge >= 0.3 is 0 Å². The van der Waals surface area contributed by atoms with Gasteiger partial charge in [0, 0.05) is 38.6 Å². The highest BCUT2D eigenvalue weighted by Gasteiger charge is 2.55. The second-order valence-electron chi connectivity index (χ2n) is 27.7. The van der Waals surface area contributed by atoms with Crippen molar-refractivity contribution >= 4 is 66.6 Å². The predicted molar refractivity (Wildman–Crippen MR) is 325 cm³/mol. The fourth-order valence-electron chi connectivity index (χ4n) is 15.1. The van der Waals surface area contributed by atoms with Gasteiger partial charge in [0.15, 0.2) is 0 Å². The van der Waals surface area contributed by atoms with Gasteiger partial charge in [0.1, 0.15) is 0 Å². The van der Waals surface area contributed by atoms with Crippen molar-refractivity contribution < 1.29 is 0 Å². The number of fused-ring (bicyclic) bond motifs is 13. The normalized spacial score (nSPS) is 14.8. The molecule has 15 rings (SSSR count). The third-order valence-corrected chi connectivity index (χ3v) is 18.0. The summed E-state index contributed by atoms with van der Waals surface area (Å²) in [4.78, 5) is 0. The van der Waals surface area contributed by atoms with Crippen molar-refractivity contribution in [3.63, 3.8) is 0 Å². The van der Waals surface area contributed by atoms with Crippen molar-refractivity contribution in [2.24, 2.45) is 10.8 Å². The van der Waals surface area contributed by atoms with E-state index in [4.69, 9.17) is 0 Å². The van der Waals surface area contributed by atoms with E-state index < -0.39 is 5.41 Å². The first-order valence-corrected chi connectivity index (χ1v) is 28.0. The molecule has 0 saturated carbocycles. The van der Waals surface area contributed by atoms with Crippen LogP contribution in [-0.2, 0) is 29.1 Å². The van der Waals surface area contributed by atoms with Crippen molar-refractivity contribution in [1.29, 1.82) is 0 Å². The van der Waals surface area contributed by atoms with Crippen LogP contribution in [0.1, 0.15) is 128 Å². The highest BCUT2D eigenvalue weighted by Crippen LogP contribution is 2.62. The first-order valence-electron chi connectivity index (χ1n) is 28.0. The Hall–Kier alpha value is -7.36. The minimum absolute atomic E-state index is 0.0208. The van der Waals surface area contributed by atoms with E-state index in [-0.39, 0.29) is 28.4 Å². The SMILES string of the molecule is CC(C)(C)Cc1cc2c3c(c1)c1cc(CC(C)(C)C)cc4c1n3-c1c(ccc3c1B2c1c2ccccc2cc2c(-c5ccc(C(C)(C)C)cc5)c(-c5ccc(C(C)(C)C)cc5)n-3c12)C41c2ccccc2-c2ccccc21. The zero-order valence-corrected chi connectivity index (χ0v) is 46.5. The van der Waals surface area contributed by atoms with Gasteiger partial charge in [-0.3, -0.25) is 0 Å². The van der Waals surface area contributed by atoms with Gasteiger partial charge in [0.25, 0.3) is 6.71 Å². The molecule has 3 heteroatoms. The van der Waals surface area contributed by atoms with Gasteiger partial charge < -0.3 is 9.13 Å². The molecule has 76 heavy (non-hydrogen) atoms. The quantitative estimate of drug-likeness (QED) is 0.156. The van der Waals surface area contributed by atoms with Crippen molar-refractivity contribution in [1.82, 2.24) is 9.13 Å². The number of nitrogens with zero attached hydrogens (tertiary/aromatic N) is 2. The van der Waals surface area contributed by atoms with E-state index in [0.717, 1.165) is 12.8 Å². The summed E-state index contributed by atoms with van der Waals surface area (Å²) < 4.78 is 5.55. The van der Waals surface area contributed by atoms with Crippen molar-refractivity contribution in [2.45, 2.75) is 112 Å². The molecule has 0 saturated heterocycles. The number of rotatable bonds is 4. The molecule has 0 fully saturated rings. The molecule has 0 atom stereocenters. The molecular formula is C73H67BN2. The van der Waals surface area contributed by atoms with Crippen LogP contribution in [-0.4, -0.2) is 15.8 Å². The van der Waals surface area contributed by atoms with Crippen LogP contribution in [0.4, 0.5) is 0 Å². The lowest BCUT2D eigenvalue weighted by atomic mass is 9.33. The van der Waals surface area contributed by atoms with E-state index in [1.54, 1.807) is 0 Å². The number of hydrogen-bond donors (Lipinski definition) is 0. The van der Waals surface area contributed by atoms with Crippen LogP contribution < -0.4 is 16.4 Å². The predicted octanol–water partition coefficient (Wildman–Crippen LogP) is 16.8. The molecule has 2 nitrogen and oxygen atoms in total. The van der Waals surface area contributed by atoms with Gasteiger partial charge in [-0.1, -0.05) is 223 Å². The minimum Gasteiger partial charge on any atom is -0.310 e. The fraction of sp³-hybridized carbons (Fsp3) is 0.260. The lowest BCUT2D eigenvalue weighted by molar-refractivity contribution is 0.411. The van der Waals surface area contributed by atoms with Gasteiger partial charge in [-0.15, -0.1) is 0 Å². The van der Waals surface area contributed by atoms with Crippen molar-refractivity contribution in [3.8, 4) is 44.9 Å². The molecule has 0 amide bonds. The van der Waals surface area contributed by atoms with Crippen molar-refractivity contribution in [2.75, 3.05) is 0 Å². The molecular weight excluding hydrogens is 916 g/mol. The number of aromatic nitrogens is 2. The van der Waals surface area contributed by atoms with Gasteiger partial charge in [-0.25, -0.2) is 0 Å².